The van der Waals surface area contributed by atoms with Crippen molar-refractivity contribution >= 4 is 40.7 Å². The van der Waals surface area contributed by atoms with Gasteiger partial charge in [0.2, 0.25) is 5.75 Å². The second-order valence-electron chi connectivity index (χ2n) is 5.19. The molecule has 1 aliphatic heterocycles. The van der Waals surface area contributed by atoms with Crippen molar-refractivity contribution in [3.63, 3.8) is 0 Å². The molecule has 8 heteroatoms. The van der Waals surface area contributed by atoms with E-state index in [4.69, 9.17) is 21.7 Å². The molecule has 0 aromatic heterocycles. The van der Waals surface area contributed by atoms with Crippen LogP contribution < -0.4 is 9.47 Å². The summed E-state index contributed by atoms with van der Waals surface area (Å²) in [5, 5.41) is 9.92. The Morgan fingerprint density at radius 2 is 1.70 bits per heavy atom. The van der Waals surface area contributed by atoms with Gasteiger partial charge in [0, 0.05) is 31.9 Å². The van der Waals surface area contributed by atoms with Gasteiger partial charge in [-0.3, -0.25) is 0 Å². The van der Waals surface area contributed by atoms with Crippen molar-refractivity contribution in [3.8, 4) is 17.2 Å². The number of hydrogen-bond acceptors (Lipinski definition) is 6. The minimum atomic E-state index is 0. The molecule has 0 unspecified atom stereocenters. The Labute approximate surface area is 153 Å². The van der Waals surface area contributed by atoms with Crippen molar-refractivity contribution in [1.82, 2.24) is 9.80 Å². The molecule has 23 heavy (non-hydrogen) atoms. The van der Waals surface area contributed by atoms with Crippen LogP contribution in [0.15, 0.2) is 12.1 Å². The first-order valence-corrected chi connectivity index (χ1v) is 8.48. The van der Waals surface area contributed by atoms with Crippen molar-refractivity contribution in [2.75, 3.05) is 47.4 Å². The van der Waals surface area contributed by atoms with E-state index >= 15 is 0 Å². The van der Waals surface area contributed by atoms with Gasteiger partial charge in [0.25, 0.3) is 0 Å². The number of thioether (sulfide) groups is 1. The summed E-state index contributed by atoms with van der Waals surface area (Å²) >= 11 is 7.15. The third kappa shape index (κ3) is 5.31. The molecule has 1 saturated heterocycles. The number of thiocarbonyl (C=S) groups is 1. The lowest BCUT2D eigenvalue weighted by atomic mass is 10.2. The summed E-state index contributed by atoms with van der Waals surface area (Å²) in [4.78, 5) is 4.55. The summed E-state index contributed by atoms with van der Waals surface area (Å²) < 4.78 is 11.3. The maximum absolute atomic E-state index is 9.92. The molecule has 0 radical (unpaired) electrons. The zero-order chi connectivity index (χ0) is 16.1. The highest BCUT2D eigenvalue weighted by Gasteiger charge is 2.17. The molecule has 2 rings (SSSR count). The van der Waals surface area contributed by atoms with E-state index in [9.17, 15) is 5.11 Å². The number of phenols is 1. The van der Waals surface area contributed by atoms with Crippen LogP contribution in [0.2, 0.25) is 0 Å². The Balaban J connectivity index is 0.00000264. The summed E-state index contributed by atoms with van der Waals surface area (Å²) in [7, 11) is 5.18. The Morgan fingerprint density at radius 3 is 2.17 bits per heavy atom. The molecular weight excluding hydrogens is 356 g/mol. The van der Waals surface area contributed by atoms with Crippen LogP contribution in [0.4, 0.5) is 0 Å². The molecule has 0 saturated carbocycles. The zero-order valence-electron chi connectivity index (χ0n) is 13.6. The molecule has 1 N–H and O–H groups in total. The van der Waals surface area contributed by atoms with Crippen LogP contribution in [-0.2, 0) is 5.75 Å². The molecule has 1 fully saturated rings. The number of methoxy groups -OCH3 is 2. The molecule has 0 amide bonds. The number of phenolic OH excluding ortho intramolecular Hbond substituents is 1. The quantitative estimate of drug-likeness (QED) is 0.808. The number of nitrogens with zero attached hydrogens (tertiary/aromatic N) is 2. The second kappa shape index (κ2) is 9.42. The minimum absolute atomic E-state index is 0. The van der Waals surface area contributed by atoms with Crippen LogP contribution in [0.3, 0.4) is 0 Å². The Bertz CT molecular complexity index is 512. The van der Waals surface area contributed by atoms with Gasteiger partial charge < -0.3 is 24.4 Å². The first-order chi connectivity index (χ1) is 10.5. The van der Waals surface area contributed by atoms with Crippen LogP contribution in [0.25, 0.3) is 0 Å². The predicted octanol–water partition coefficient (Wildman–Crippen LogP) is 2.60. The molecule has 1 aromatic carbocycles. The van der Waals surface area contributed by atoms with Gasteiger partial charge >= 0.3 is 0 Å². The molecule has 5 nitrogen and oxygen atoms in total. The van der Waals surface area contributed by atoms with Crippen LogP contribution in [-0.4, -0.2) is 66.7 Å². The fourth-order valence-corrected chi connectivity index (χ4v) is 3.44. The Morgan fingerprint density at radius 1 is 1.17 bits per heavy atom. The number of ether oxygens (including phenoxy) is 2. The maximum Gasteiger partial charge on any atom is 0.200 e. The number of hydrogen-bond donors (Lipinski definition) is 1. The summed E-state index contributed by atoms with van der Waals surface area (Å²) in [6.45, 7) is 4.04. The lowest BCUT2D eigenvalue weighted by Gasteiger charge is -2.33. The summed E-state index contributed by atoms with van der Waals surface area (Å²) in [6.07, 6.45) is 0. The van der Waals surface area contributed by atoms with Crippen LogP contribution in [0, 0.1) is 0 Å². The SMILES string of the molecule is COc1cc(CSC(=S)N2CCN(C)CC2)cc(OC)c1O.Cl. The summed E-state index contributed by atoms with van der Waals surface area (Å²) in [5.74, 6) is 1.58. The molecule has 1 aromatic rings. The molecule has 0 spiro atoms. The van der Waals surface area contributed by atoms with Crippen molar-refractivity contribution in [3.05, 3.63) is 17.7 Å². The smallest absolute Gasteiger partial charge is 0.200 e. The maximum atomic E-state index is 9.92. The molecule has 130 valence electrons. The molecule has 1 aliphatic rings. The van der Waals surface area contributed by atoms with Crippen LogP contribution in [0.5, 0.6) is 17.2 Å². The minimum Gasteiger partial charge on any atom is -0.502 e. The standard InChI is InChI=1S/C15H22N2O3S2.ClH/c1-16-4-6-17(7-5-16)15(21)22-10-11-8-12(19-2)14(18)13(9-11)20-3;/h8-9,18H,4-7,10H2,1-3H3;1H. The second-order valence-corrected chi connectivity index (χ2v) is 6.80. The Kier molecular flexibility index (Phi) is 8.25. The Hall–Kier alpha value is -0.890. The predicted molar refractivity (Wildman–Crippen MR) is 101 cm³/mol. The van der Waals surface area contributed by atoms with Gasteiger partial charge in [0.05, 0.1) is 14.2 Å². The third-order valence-corrected chi connectivity index (χ3v) is 5.26. The van der Waals surface area contributed by atoms with E-state index in [2.05, 4.69) is 16.8 Å². The van der Waals surface area contributed by atoms with Crippen LogP contribution in [0.1, 0.15) is 5.56 Å². The number of rotatable bonds is 4. The number of benzene rings is 1. The van der Waals surface area contributed by atoms with Crippen molar-refractivity contribution in [2.24, 2.45) is 0 Å². The topological polar surface area (TPSA) is 45.2 Å². The summed E-state index contributed by atoms with van der Waals surface area (Å²) in [5.41, 5.74) is 1.01. The fraction of sp³-hybridized carbons (Fsp3) is 0.533. The lowest BCUT2D eigenvalue weighted by molar-refractivity contribution is 0.220. The van der Waals surface area contributed by atoms with E-state index < -0.39 is 0 Å². The van der Waals surface area contributed by atoms with Gasteiger partial charge in [-0.05, 0) is 24.7 Å². The van der Waals surface area contributed by atoms with E-state index in [0.29, 0.717) is 11.5 Å². The number of likely N-dealkylation sites (N-methyl/N-ethyl adjacent to an activating group) is 1. The van der Waals surface area contributed by atoms with E-state index in [1.807, 2.05) is 12.1 Å². The highest BCUT2D eigenvalue weighted by molar-refractivity contribution is 8.22. The van der Waals surface area contributed by atoms with Crippen molar-refractivity contribution in [1.29, 1.82) is 0 Å². The molecule has 0 aliphatic carbocycles. The number of halogens is 1. The fourth-order valence-electron chi connectivity index (χ4n) is 2.26. The van der Waals surface area contributed by atoms with Gasteiger partial charge in [-0.1, -0.05) is 24.0 Å². The third-order valence-electron chi connectivity index (χ3n) is 3.66. The molecule has 0 atom stereocenters. The molecule has 1 heterocycles. The molecule has 0 bridgehead atoms. The van der Waals surface area contributed by atoms with E-state index in [1.165, 1.54) is 14.2 Å². The van der Waals surface area contributed by atoms with Gasteiger partial charge in [0.1, 0.15) is 4.32 Å². The van der Waals surface area contributed by atoms with Crippen molar-refractivity contribution < 1.29 is 14.6 Å². The zero-order valence-corrected chi connectivity index (χ0v) is 16.0. The van der Waals surface area contributed by atoms with Gasteiger partial charge in [-0.15, -0.1) is 12.4 Å². The molecular formula is C15H23ClN2O3S2. The van der Waals surface area contributed by atoms with E-state index in [0.717, 1.165) is 41.8 Å². The number of aromatic hydroxyl groups is 1. The first kappa shape index (κ1) is 20.2. The monoisotopic (exact) mass is 378 g/mol. The van der Waals surface area contributed by atoms with Gasteiger partial charge in [0.15, 0.2) is 11.5 Å². The summed E-state index contributed by atoms with van der Waals surface area (Å²) in [6, 6.07) is 3.63. The van der Waals surface area contributed by atoms with Gasteiger partial charge in [-0.25, -0.2) is 0 Å². The lowest BCUT2D eigenvalue weighted by Crippen LogP contribution is -2.45. The highest BCUT2D eigenvalue weighted by Crippen LogP contribution is 2.38. The van der Waals surface area contributed by atoms with Crippen LogP contribution >= 0.6 is 36.4 Å². The van der Waals surface area contributed by atoms with Crippen molar-refractivity contribution in [2.45, 2.75) is 5.75 Å². The first-order valence-electron chi connectivity index (χ1n) is 7.09. The average Bonchev–Trinajstić information content (AvgIpc) is 2.54. The normalized spacial score (nSPS) is 15.0. The average molecular weight is 379 g/mol. The van der Waals surface area contributed by atoms with E-state index in [-0.39, 0.29) is 18.2 Å². The van der Waals surface area contributed by atoms with Gasteiger partial charge in [-0.2, -0.15) is 0 Å². The largest absolute Gasteiger partial charge is 0.502 e. The van der Waals surface area contributed by atoms with E-state index in [1.54, 1.807) is 11.8 Å². The highest BCUT2D eigenvalue weighted by atomic mass is 35.5. The number of piperazine rings is 1.